The first kappa shape index (κ1) is 16.9. The minimum absolute atomic E-state index is 0.00828. The number of hydrogen-bond donors (Lipinski definition) is 0. The van der Waals surface area contributed by atoms with E-state index in [0.717, 1.165) is 35.8 Å². The molecule has 134 valence electrons. The molecule has 1 amide bonds. The average molecular weight is 370 g/mol. The predicted molar refractivity (Wildman–Crippen MR) is 98.1 cm³/mol. The van der Waals surface area contributed by atoms with Gasteiger partial charge in [0.2, 0.25) is 0 Å². The zero-order valence-corrected chi connectivity index (χ0v) is 15.5. The van der Waals surface area contributed by atoms with Gasteiger partial charge in [-0.3, -0.25) is 4.79 Å². The van der Waals surface area contributed by atoms with Crippen LogP contribution >= 0.6 is 11.3 Å². The molecule has 1 atom stereocenters. The Bertz CT molecular complexity index is 933. The number of thiazole rings is 1. The monoisotopic (exact) mass is 370 g/mol. The van der Waals surface area contributed by atoms with Gasteiger partial charge in [0.05, 0.1) is 28.7 Å². The van der Waals surface area contributed by atoms with Gasteiger partial charge in [0.25, 0.3) is 5.91 Å². The lowest BCUT2D eigenvalue weighted by Gasteiger charge is -2.23. The van der Waals surface area contributed by atoms with E-state index < -0.39 is 0 Å². The van der Waals surface area contributed by atoms with Crippen molar-refractivity contribution < 1.29 is 9.18 Å². The van der Waals surface area contributed by atoms with Crippen molar-refractivity contribution in [1.82, 2.24) is 19.7 Å². The standard InChI is InChI=1S/C19H19FN4OS/c1-12-17(13(2)24(22-12)15-7-5-14(20)6-8-15)19(25)23-10-3-4-16(23)18-21-9-11-26-18/h5-9,11,16H,3-4,10H2,1-2H3. The van der Waals surface area contributed by atoms with Gasteiger partial charge in [-0.15, -0.1) is 11.3 Å². The van der Waals surface area contributed by atoms with Crippen molar-refractivity contribution in [3.63, 3.8) is 0 Å². The third-order valence-electron chi connectivity index (χ3n) is 4.83. The number of halogens is 1. The Labute approximate surface area is 155 Å². The molecule has 0 N–H and O–H groups in total. The number of carbonyl (C=O) groups is 1. The van der Waals surface area contributed by atoms with E-state index in [4.69, 9.17) is 0 Å². The molecule has 0 saturated carbocycles. The van der Waals surface area contributed by atoms with Crippen LogP contribution in [0.1, 0.15) is 45.6 Å². The highest BCUT2D eigenvalue weighted by molar-refractivity contribution is 7.09. The van der Waals surface area contributed by atoms with Crippen molar-refractivity contribution >= 4 is 17.2 Å². The molecule has 1 saturated heterocycles. The Hall–Kier alpha value is -2.54. The van der Waals surface area contributed by atoms with E-state index in [9.17, 15) is 9.18 Å². The van der Waals surface area contributed by atoms with Gasteiger partial charge in [-0.1, -0.05) is 0 Å². The van der Waals surface area contributed by atoms with E-state index >= 15 is 0 Å². The summed E-state index contributed by atoms with van der Waals surface area (Å²) in [6.07, 6.45) is 3.69. The van der Waals surface area contributed by atoms with Gasteiger partial charge in [-0.2, -0.15) is 5.10 Å². The number of rotatable bonds is 3. The van der Waals surface area contributed by atoms with Crippen molar-refractivity contribution in [2.75, 3.05) is 6.54 Å². The molecular formula is C19H19FN4OS. The van der Waals surface area contributed by atoms with Crippen LogP contribution in [0.2, 0.25) is 0 Å². The fraction of sp³-hybridized carbons (Fsp3) is 0.316. The third kappa shape index (κ3) is 2.82. The minimum atomic E-state index is -0.296. The number of amides is 1. The normalized spacial score (nSPS) is 17.0. The fourth-order valence-corrected chi connectivity index (χ4v) is 4.38. The van der Waals surface area contributed by atoms with Crippen LogP contribution in [0.5, 0.6) is 0 Å². The quantitative estimate of drug-likeness (QED) is 0.699. The van der Waals surface area contributed by atoms with Crippen LogP contribution in [0.4, 0.5) is 4.39 Å². The Kier molecular flexibility index (Phi) is 4.32. The van der Waals surface area contributed by atoms with Gasteiger partial charge in [0.1, 0.15) is 10.8 Å². The summed E-state index contributed by atoms with van der Waals surface area (Å²) < 4.78 is 14.9. The summed E-state index contributed by atoms with van der Waals surface area (Å²) in [4.78, 5) is 19.6. The lowest BCUT2D eigenvalue weighted by molar-refractivity contribution is 0.0734. The molecule has 1 fully saturated rings. The van der Waals surface area contributed by atoms with Gasteiger partial charge in [0.15, 0.2) is 0 Å². The molecule has 3 aromatic rings. The summed E-state index contributed by atoms with van der Waals surface area (Å²) in [5.41, 5.74) is 2.81. The smallest absolute Gasteiger partial charge is 0.258 e. The molecule has 26 heavy (non-hydrogen) atoms. The first-order valence-corrected chi connectivity index (χ1v) is 9.46. The molecule has 0 radical (unpaired) electrons. The van der Waals surface area contributed by atoms with E-state index in [1.807, 2.05) is 24.1 Å². The van der Waals surface area contributed by atoms with E-state index in [-0.39, 0.29) is 17.8 Å². The molecular weight excluding hydrogens is 351 g/mol. The van der Waals surface area contributed by atoms with E-state index in [1.165, 1.54) is 12.1 Å². The van der Waals surface area contributed by atoms with Crippen molar-refractivity contribution in [2.45, 2.75) is 32.7 Å². The first-order valence-electron chi connectivity index (χ1n) is 8.59. The van der Waals surface area contributed by atoms with Gasteiger partial charge < -0.3 is 4.90 Å². The summed E-state index contributed by atoms with van der Waals surface area (Å²) in [5, 5.41) is 7.45. The third-order valence-corrected chi connectivity index (χ3v) is 5.70. The second-order valence-corrected chi connectivity index (χ2v) is 7.39. The Morgan fingerprint density at radius 1 is 1.27 bits per heavy atom. The topological polar surface area (TPSA) is 51.0 Å². The highest BCUT2D eigenvalue weighted by Crippen LogP contribution is 2.35. The highest BCUT2D eigenvalue weighted by atomic mass is 32.1. The summed E-state index contributed by atoms with van der Waals surface area (Å²) in [5.74, 6) is -0.305. The van der Waals surface area contributed by atoms with Crippen LogP contribution in [0, 0.1) is 19.7 Å². The first-order chi connectivity index (χ1) is 12.6. The molecule has 5 nitrogen and oxygen atoms in total. The van der Waals surface area contributed by atoms with Crippen molar-refractivity contribution in [3.8, 4) is 5.69 Å². The molecule has 3 heterocycles. The molecule has 1 aliphatic heterocycles. The predicted octanol–water partition coefficient (Wildman–Crippen LogP) is 4.06. The van der Waals surface area contributed by atoms with Crippen LogP contribution in [0.25, 0.3) is 5.69 Å². The van der Waals surface area contributed by atoms with Gasteiger partial charge in [0, 0.05) is 18.1 Å². The van der Waals surface area contributed by atoms with Crippen molar-refractivity contribution in [1.29, 1.82) is 0 Å². The molecule has 0 bridgehead atoms. The summed E-state index contributed by atoms with van der Waals surface area (Å²) in [6, 6.07) is 6.16. The fourth-order valence-electron chi connectivity index (χ4n) is 3.60. The van der Waals surface area contributed by atoms with Gasteiger partial charge >= 0.3 is 0 Å². The number of aromatic nitrogens is 3. The number of likely N-dealkylation sites (tertiary alicyclic amines) is 1. The summed E-state index contributed by atoms with van der Waals surface area (Å²) >= 11 is 1.59. The number of hydrogen-bond acceptors (Lipinski definition) is 4. The van der Waals surface area contributed by atoms with E-state index in [2.05, 4.69) is 10.1 Å². The second kappa shape index (κ2) is 6.64. The van der Waals surface area contributed by atoms with Crippen LogP contribution in [-0.2, 0) is 0 Å². The molecule has 4 rings (SSSR count). The minimum Gasteiger partial charge on any atom is -0.329 e. The van der Waals surface area contributed by atoms with Crippen LogP contribution in [0.15, 0.2) is 35.8 Å². The van der Waals surface area contributed by atoms with Crippen molar-refractivity contribution in [2.24, 2.45) is 0 Å². The van der Waals surface area contributed by atoms with E-state index in [0.29, 0.717) is 11.3 Å². The molecule has 7 heteroatoms. The Morgan fingerprint density at radius 3 is 2.73 bits per heavy atom. The molecule has 0 aliphatic carbocycles. The maximum absolute atomic E-state index is 13.3. The van der Waals surface area contributed by atoms with Gasteiger partial charge in [-0.05, 0) is 51.0 Å². The largest absolute Gasteiger partial charge is 0.329 e. The SMILES string of the molecule is Cc1nn(-c2ccc(F)cc2)c(C)c1C(=O)N1CCCC1c1nccs1. The lowest BCUT2D eigenvalue weighted by Crippen LogP contribution is -2.31. The summed E-state index contributed by atoms with van der Waals surface area (Å²) in [7, 11) is 0. The molecule has 1 aliphatic rings. The Morgan fingerprint density at radius 2 is 2.04 bits per heavy atom. The zero-order chi connectivity index (χ0) is 18.3. The summed E-state index contributed by atoms with van der Waals surface area (Å²) in [6.45, 7) is 4.45. The van der Waals surface area contributed by atoms with E-state index in [1.54, 1.807) is 34.3 Å². The Balaban J connectivity index is 1.69. The number of aryl methyl sites for hydroxylation is 1. The van der Waals surface area contributed by atoms with Crippen LogP contribution < -0.4 is 0 Å². The van der Waals surface area contributed by atoms with Crippen LogP contribution in [-0.4, -0.2) is 32.1 Å². The maximum Gasteiger partial charge on any atom is 0.258 e. The molecule has 0 spiro atoms. The zero-order valence-electron chi connectivity index (χ0n) is 14.6. The second-order valence-electron chi connectivity index (χ2n) is 6.46. The average Bonchev–Trinajstić information content (AvgIpc) is 3.35. The highest BCUT2D eigenvalue weighted by Gasteiger charge is 2.34. The number of benzene rings is 1. The number of nitrogens with zero attached hydrogens (tertiary/aromatic N) is 4. The van der Waals surface area contributed by atoms with Gasteiger partial charge in [-0.25, -0.2) is 14.1 Å². The lowest BCUT2D eigenvalue weighted by atomic mass is 10.1. The molecule has 1 unspecified atom stereocenters. The number of carbonyl (C=O) groups excluding carboxylic acids is 1. The maximum atomic E-state index is 13.3. The van der Waals surface area contributed by atoms with Crippen LogP contribution in [0.3, 0.4) is 0 Å². The van der Waals surface area contributed by atoms with Crippen molar-refractivity contribution in [3.05, 3.63) is 63.6 Å². The molecule has 1 aromatic carbocycles. The molecule has 2 aromatic heterocycles.